The molecule has 5 rings (SSSR count). The van der Waals surface area contributed by atoms with Crippen LogP contribution in [0.25, 0.3) is 10.2 Å². The van der Waals surface area contributed by atoms with Crippen LogP contribution in [0.1, 0.15) is 31.2 Å². The highest BCUT2D eigenvalue weighted by molar-refractivity contribution is 7.89. The first kappa shape index (κ1) is 26.4. The molecule has 1 aromatic heterocycles. The molecule has 2 fully saturated rings. The van der Waals surface area contributed by atoms with Gasteiger partial charge in [0.05, 0.1) is 22.9 Å². The number of piperidine rings is 1. The monoisotopic (exact) mass is 569 g/mol. The van der Waals surface area contributed by atoms with Crippen LogP contribution in [0.5, 0.6) is 0 Å². The van der Waals surface area contributed by atoms with Crippen molar-refractivity contribution in [1.82, 2.24) is 9.29 Å². The predicted molar refractivity (Wildman–Crippen MR) is 139 cm³/mol. The van der Waals surface area contributed by atoms with Crippen LogP contribution >= 0.6 is 22.9 Å². The summed E-state index contributed by atoms with van der Waals surface area (Å²) in [5, 5.41) is 1.16. The van der Waals surface area contributed by atoms with Gasteiger partial charge in [0, 0.05) is 36.7 Å². The summed E-state index contributed by atoms with van der Waals surface area (Å²) in [4.78, 5) is 19.6. The molecule has 12 heteroatoms. The van der Waals surface area contributed by atoms with E-state index in [4.69, 9.17) is 21.3 Å². The van der Waals surface area contributed by atoms with E-state index < -0.39 is 32.5 Å². The van der Waals surface area contributed by atoms with E-state index >= 15 is 0 Å². The van der Waals surface area contributed by atoms with E-state index in [0.717, 1.165) is 45.1 Å². The normalized spacial score (nSPS) is 19.5. The van der Waals surface area contributed by atoms with E-state index in [9.17, 15) is 22.0 Å². The molecule has 0 N–H and O–H groups in total. The first-order chi connectivity index (χ1) is 17.6. The molecule has 7 nitrogen and oxygen atoms in total. The van der Waals surface area contributed by atoms with Crippen molar-refractivity contribution in [2.75, 3.05) is 31.1 Å². The van der Waals surface area contributed by atoms with Crippen molar-refractivity contribution in [2.45, 2.75) is 43.6 Å². The summed E-state index contributed by atoms with van der Waals surface area (Å²) in [6.45, 7) is 3.01. The van der Waals surface area contributed by atoms with E-state index in [-0.39, 0.29) is 37.9 Å². The van der Waals surface area contributed by atoms with Crippen LogP contribution in [-0.4, -0.2) is 56.0 Å². The fraction of sp³-hybridized carbons (Fsp3) is 0.440. The zero-order valence-corrected chi connectivity index (χ0v) is 22.5. The Balaban J connectivity index is 1.36. The lowest BCUT2D eigenvalue weighted by atomic mass is 9.96. The van der Waals surface area contributed by atoms with E-state index in [2.05, 4.69) is 0 Å². The first-order valence-corrected chi connectivity index (χ1v) is 14.7. The Kier molecular flexibility index (Phi) is 7.52. The molecule has 37 heavy (non-hydrogen) atoms. The van der Waals surface area contributed by atoms with Crippen molar-refractivity contribution in [1.29, 1.82) is 0 Å². The lowest BCUT2D eigenvalue weighted by Gasteiger charge is -2.33. The second kappa shape index (κ2) is 10.5. The minimum atomic E-state index is -4.15. The van der Waals surface area contributed by atoms with Gasteiger partial charge in [-0.2, -0.15) is 4.31 Å². The molecule has 2 saturated heterocycles. The Morgan fingerprint density at radius 3 is 2.65 bits per heavy atom. The van der Waals surface area contributed by atoms with E-state index in [0.29, 0.717) is 29.4 Å². The Labute approximate surface area is 223 Å². The van der Waals surface area contributed by atoms with Crippen LogP contribution < -0.4 is 4.90 Å². The molecule has 1 amide bonds. The van der Waals surface area contributed by atoms with Gasteiger partial charge in [0.15, 0.2) is 5.13 Å². The largest absolute Gasteiger partial charge is 0.376 e. The number of anilines is 1. The van der Waals surface area contributed by atoms with Crippen molar-refractivity contribution >= 4 is 54.2 Å². The number of halogens is 3. The molecule has 2 aliphatic rings. The maximum absolute atomic E-state index is 14.2. The third-order valence-electron chi connectivity index (χ3n) is 6.96. The molecular formula is C25H26ClF2N3O4S2. The number of aromatic nitrogens is 1. The van der Waals surface area contributed by atoms with E-state index in [1.54, 1.807) is 4.90 Å². The molecule has 1 unspecified atom stereocenters. The molecule has 0 spiro atoms. The van der Waals surface area contributed by atoms with Crippen molar-refractivity contribution < 1.29 is 26.7 Å². The van der Waals surface area contributed by atoms with Gasteiger partial charge < -0.3 is 4.74 Å². The number of nitrogens with zero attached hydrogens (tertiary/aromatic N) is 3. The number of hydrogen-bond acceptors (Lipinski definition) is 6. The average molecular weight is 570 g/mol. The van der Waals surface area contributed by atoms with Crippen LogP contribution in [0, 0.1) is 24.5 Å². The van der Waals surface area contributed by atoms with Gasteiger partial charge in [0.25, 0.3) is 0 Å². The lowest BCUT2D eigenvalue weighted by Crippen LogP contribution is -2.46. The van der Waals surface area contributed by atoms with Crippen LogP contribution in [-0.2, 0) is 19.6 Å². The Morgan fingerprint density at radius 2 is 1.97 bits per heavy atom. The number of hydrogen-bond donors (Lipinski definition) is 0. The second-order valence-electron chi connectivity index (χ2n) is 9.35. The standard InChI is InChI=1S/C25H26ClF2N3O4S2/c1-15-19(26)5-6-21-23(15)29-25(36-21)31(14-18-3-2-12-35-18)24(32)16-8-10-30(11-9-16)37(33,34)22-7-4-17(27)13-20(22)28/h4-7,13,16,18H,2-3,8-12,14H2,1H3. The van der Waals surface area contributed by atoms with E-state index in [1.807, 2.05) is 19.1 Å². The average Bonchev–Trinajstić information content (AvgIpc) is 3.54. The Morgan fingerprint density at radius 1 is 1.22 bits per heavy atom. The van der Waals surface area contributed by atoms with Gasteiger partial charge in [0.2, 0.25) is 15.9 Å². The third-order valence-corrected chi connectivity index (χ3v) is 10.3. The summed E-state index contributed by atoms with van der Waals surface area (Å²) in [5.41, 5.74) is 1.59. The number of thiazole rings is 1. The maximum Gasteiger partial charge on any atom is 0.245 e. The van der Waals surface area contributed by atoms with Gasteiger partial charge in [-0.05, 0) is 62.4 Å². The Hall–Kier alpha value is -2.18. The molecule has 0 radical (unpaired) electrons. The van der Waals surface area contributed by atoms with Gasteiger partial charge in [-0.15, -0.1) is 0 Å². The van der Waals surface area contributed by atoms with Crippen molar-refractivity contribution in [3.05, 3.63) is 52.6 Å². The molecule has 198 valence electrons. The second-order valence-corrected chi connectivity index (χ2v) is 12.7. The van der Waals surface area contributed by atoms with Gasteiger partial charge in [-0.1, -0.05) is 22.9 Å². The summed E-state index contributed by atoms with van der Waals surface area (Å²) >= 11 is 7.69. The fourth-order valence-electron chi connectivity index (χ4n) is 4.85. The predicted octanol–water partition coefficient (Wildman–Crippen LogP) is 5.15. The SMILES string of the molecule is Cc1c(Cl)ccc2sc(N(CC3CCCO3)C(=O)C3CCN(S(=O)(=O)c4ccc(F)cc4F)CC3)nc12. The van der Waals surface area contributed by atoms with Crippen LogP contribution in [0.2, 0.25) is 5.02 Å². The number of benzene rings is 2. The van der Waals surface area contributed by atoms with Crippen molar-refractivity contribution in [2.24, 2.45) is 5.92 Å². The number of sulfonamides is 1. The minimum absolute atomic E-state index is 0.0535. The van der Waals surface area contributed by atoms with Gasteiger partial charge in [-0.3, -0.25) is 9.69 Å². The number of amides is 1. The maximum atomic E-state index is 14.2. The number of rotatable bonds is 6. The molecule has 2 aliphatic heterocycles. The Bertz CT molecular complexity index is 1440. The topological polar surface area (TPSA) is 79.8 Å². The van der Waals surface area contributed by atoms with E-state index in [1.165, 1.54) is 11.3 Å². The molecule has 3 heterocycles. The summed E-state index contributed by atoms with van der Waals surface area (Å²) in [7, 11) is -4.15. The first-order valence-electron chi connectivity index (χ1n) is 12.1. The van der Waals surface area contributed by atoms with Crippen LogP contribution in [0.3, 0.4) is 0 Å². The number of aryl methyl sites for hydroxylation is 1. The highest BCUT2D eigenvalue weighted by atomic mass is 35.5. The van der Waals surface area contributed by atoms with Crippen LogP contribution in [0.4, 0.5) is 13.9 Å². The minimum Gasteiger partial charge on any atom is -0.376 e. The van der Waals surface area contributed by atoms with Crippen molar-refractivity contribution in [3.8, 4) is 0 Å². The van der Waals surface area contributed by atoms with Crippen LogP contribution in [0.15, 0.2) is 35.2 Å². The quantitative estimate of drug-likeness (QED) is 0.410. The number of carbonyl (C=O) groups excluding carboxylic acids is 1. The molecular weight excluding hydrogens is 544 g/mol. The molecule has 0 bridgehead atoms. The van der Waals surface area contributed by atoms with Gasteiger partial charge in [-0.25, -0.2) is 22.2 Å². The summed E-state index contributed by atoms with van der Waals surface area (Å²) in [6.07, 6.45) is 2.23. The fourth-order valence-corrected chi connectivity index (χ4v) is 7.55. The molecule has 0 aliphatic carbocycles. The lowest BCUT2D eigenvalue weighted by molar-refractivity contribution is -0.123. The van der Waals surface area contributed by atoms with Gasteiger partial charge in [0.1, 0.15) is 16.5 Å². The molecule has 2 aromatic carbocycles. The summed E-state index contributed by atoms with van der Waals surface area (Å²) < 4.78 is 61.3. The number of carbonyl (C=O) groups is 1. The molecule has 1 atom stereocenters. The zero-order valence-electron chi connectivity index (χ0n) is 20.1. The highest BCUT2D eigenvalue weighted by Crippen LogP contribution is 2.36. The van der Waals surface area contributed by atoms with Crippen molar-refractivity contribution in [3.63, 3.8) is 0 Å². The number of fused-ring (bicyclic) bond motifs is 1. The number of ether oxygens (including phenoxy) is 1. The summed E-state index contributed by atoms with van der Waals surface area (Å²) in [5.74, 6) is -2.54. The zero-order chi connectivity index (χ0) is 26.3. The highest BCUT2D eigenvalue weighted by Gasteiger charge is 2.37. The molecule has 3 aromatic rings. The molecule has 0 saturated carbocycles. The third kappa shape index (κ3) is 5.24. The smallest absolute Gasteiger partial charge is 0.245 e. The van der Waals surface area contributed by atoms with Gasteiger partial charge >= 0.3 is 0 Å². The summed E-state index contributed by atoms with van der Waals surface area (Å²) in [6, 6.07) is 6.11.